The van der Waals surface area contributed by atoms with Gasteiger partial charge in [0.1, 0.15) is 5.54 Å². The Morgan fingerprint density at radius 3 is 2.48 bits per heavy atom. The van der Waals surface area contributed by atoms with E-state index in [2.05, 4.69) is 10.6 Å². The second-order valence-electron chi connectivity index (χ2n) is 5.53. The Balaban J connectivity index is 0.00000400. The topological polar surface area (TPSA) is 81.8 Å². The van der Waals surface area contributed by atoms with Gasteiger partial charge in [-0.1, -0.05) is 0 Å². The molecule has 8 heteroatoms. The lowest BCUT2D eigenvalue weighted by Gasteiger charge is -2.18. The Labute approximate surface area is 131 Å². The minimum Gasteiger partial charge on any atom is -0.344 e. The van der Waals surface area contributed by atoms with E-state index < -0.39 is 5.54 Å². The van der Waals surface area contributed by atoms with Gasteiger partial charge in [-0.25, -0.2) is 4.79 Å². The van der Waals surface area contributed by atoms with Gasteiger partial charge in [0.25, 0.3) is 5.91 Å². The third-order valence-corrected chi connectivity index (χ3v) is 3.34. The van der Waals surface area contributed by atoms with Crippen LogP contribution in [0.25, 0.3) is 0 Å². The molecule has 21 heavy (non-hydrogen) atoms. The summed E-state index contributed by atoms with van der Waals surface area (Å²) >= 11 is 0. The summed E-state index contributed by atoms with van der Waals surface area (Å²) in [4.78, 5) is 38.2. The van der Waals surface area contributed by atoms with Crippen LogP contribution in [0, 0.1) is 0 Å². The van der Waals surface area contributed by atoms with Gasteiger partial charge in [-0.2, -0.15) is 0 Å². The number of likely N-dealkylation sites (N-methyl/N-ethyl adjacent to an activating group) is 2. The van der Waals surface area contributed by atoms with Crippen LogP contribution in [0.15, 0.2) is 0 Å². The number of carbonyl (C=O) groups excluding carboxylic acids is 3. The number of carbonyl (C=O) groups is 3. The molecular weight excluding hydrogens is 296 g/mol. The van der Waals surface area contributed by atoms with Crippen LogP contribution in [0.4, 0.5) is 4.79 Å². The second-order valence-corrected chi connectivity index (χ2v) is 5.53. The predicted octanol–water partition coefficient (Wildman–Crippen LogP) is 0.197. The molecule has 0 atom stereocenters. The van der Waals surface area contributed by atoms with Crippen LogP contribution in [0.1, 0.15) is 26.7 Å². The normalized spacial score (nSPS) is 16.5. The zero-order valence-corrected chi connectivity index (χ0v) is 13.9. The van der Waals surface area contributed by atoms with Crippen molar-refractivity contribution in [3.05, 3.63) is 0 Å². The smallest absolute Gasteiger partial charge is 0.325 e. The molecule has 0 unspecified atom stereocenters. The number of amides is 4. The molecule has 0 aliphatic carbocycles. The highest BCUT2D eigenvalue weighted by Crippen LogP contribution is 2.17. The lowest BCUT2D eigenvalue weighted by molar-refractivity contribution is -0.132. The highest BCUT2D eigenvalue weighted by Gasteiger charge is 2.43. The van der Waals surface area contributed by atoms with Crippen molar-refractivity contribution >= 4 is 30.3 Å². The van der Waals surface area contributed by atoms with Crippen LogP contribution in [0.3, 0.4) is 0 Å². The minimum absolute atomic E-state index is 0. The summed E-state index contributed by atoms with van der Waals surface area (Å²) in [6, 6.07) is -0.379. The molecule has 1 heterocycles. The maximum Gasteiger partial charge on any atom is 0.325 e. The number of hydrogen-bond acceptors (Lipinski definition) is 4. The molecule has 0 radical (unpaired) electrons. The van der Waals surface area contributed by atoms with Crippen LogP contribution < -0.4 is 10.6 Å². The number of hydrogen-bond donors (Lipinski definition) is 2. The first kappa shape index (κ1) is 19.7. The second kappa shape index (κ2) is 8.19. The average Bonchev–Trinajstić information content (AvgIpc) is 2.57. The zero-order chi connectivity index (χ0) is 15.3. The molecule has 0 aromatic rings. The molecule has 1 rings (SSSR count). The number of rotatable bonds is 7. The van der Waals surface area contributed by atoms with E-state index in [1.165, 1.54) is 4.90 Å². The molecule has 122 valence electrons. The maximum absolute atomic E-state index is 11.9. The first-order chi connectivity index (χ1) is 9.29. The molecular formula is C13H25ClN4O3. The van der Waals surface area contributed by atoms with E-state index in [4.69, 9.17) is 0 Å². The molecule has 0 saturated carbocycles. The molecule has 0 spiro atoms. The Bertz CT molecular complexity index is 401. The molecule has 0 aromatic carbocycles. The Morgan fingerprint density at radius 1 is 1.38 bits per heavy atom. The van der Waals surface area contributed by atoms with E-state index in [1.807, 2.05) is 7.05 Å². The van der Waals surface area contributed by atoms with Gasteiger partial charge in [0.15, 0.2) is 0 Å². The first-order valence-electron chi connectivity index (χ1n) is 6.82. The van der Waals surface area contributed by atoms with Gasteiger partial charge in [0.2, 0.25) is 5.91 Å². The minimum atomic E-state index is -0.843. The Kier molecular flexibility index (Phi) is 7.67. The van der Waals surface area contributed by atoms with Crippen molar-refractivity contribution in [1.29, 1.82) is 0 Å². The molecule has 1 fully saturated rings. The Morgan fingerprint density at radius 2 is 2.00 bits per heavy atom. The van der Waals surface area contributed by atoms with Crippen molar-refractivity contribution in [3.8, 4) is 0 Å². The molecule has 0 aromatic heterocycles. The number of halogens is 1. The predicted molar refractivity (Wildman–Crippen MR) is 82.4 cm³/mol. The molecule has 1 saturated heterocycles. The largest absolute Gasteiger partial charge is 0.344 e. The van der Waals surface area contributed by atoms with Gasteiger partial charge in [-0.05, 0) is 27.3 Å². The third-order valence-electron chi connectivity index (χ3n) is 3.34. The van der Waals surface area contributed by atoms with E-state index >= 15 is 0 Å². The van der Waals surface area contributed by atoms with E-state index in [1.54, 1.807) is 25.8 Å². The fourth-order valence-corrected chi connectivity index (χ4v) is 2.00. The first-order valence-corrected chi connectivity index (χ1v) is 6.82. The summed E-state index contributed by atoms with van der Waals surface area (Å²) in [7, 11) is 3.58. The molecule has 1 aliphatic rings. The van der Waals surface area contributed by atoms with Crippen molar-refractivity contribution in [3.63, 3.8) is 0 Å². The molecule has 4 amide bonds. The van der Waals surface area contributed by atoms with Crippen molar-refractivity contribution < 1.29 is 14.4 Å². The SMILES string of the molecule is CNCCN(C)C(=O)CCCN1C(=O)NC(C)(C)C1=O.Cl. The van der Waals surface area contributed by atoms with Crippen molar-refractivity contribution in [2.45, 2.75) is 32.2 Å². The molecule has 7 nitrogen and oxygen atoms in total. The summed E-state index contributed by atoms with van der Waals surface area (Å²) in [5.74, 6) is -0.218. The number of nitrogens with zero attached hydrogens (tertiary/aromatic N) is 2. The lowest BCUT2D eigenvalue weighted by atomic mass is 10.1. The summed E-state index contributed by atoms with van der Waals surface area (Å²) in [6.07, 6.45) is 0.815. The Hall–Kier alpha value is -1.34. The standard InChI is InChI=1S/C13H24N4O3.ClH/c1-13(2)11(19)17(12(20)15-13)8-5-6-10(18)16(4)9-7-14-3;/h14H,5-9H2,1-4H3,(H,15,20);1H. The fraction of sp³-hybridized carbons (Fsp3) is 0.769. The van der Waals surface area contributed by atoms with Gasteiger partial charge in [-0.3, -0.25) is 14.5 Å². The van der Waals surface area contributed by atoms with Crippen LogP contribution in [-0.2, 0) is 9.59 Å². The quantitative estimate of drug-likeness (QED) is 0.656. The number of urea groups is 1. The van der Waals surface area contributed by atoms with E-state index in [0.29, 0.717) is 19.4 Å². The summed E-state index contributed by atoms with van der Waals surface area (Å²) in [5.41, 5.74) is -0.843. The summed E-state index contributed by atoms with van der Waals surface area (Å²) in [5, 5.41) is 5.59. The number of imide groups is 1. The van der Waals surface area contributed by atoms with Crippen LogP contribution in [0.5, 0.6) is 0 Å². The molecule has 0 bridgehead atoms. The zero-order valence-electron chi connectivity index (χ0n) is 13.1. The van der Waals surface area contributed by atoms with E-state index in [0.717, 1.165) is 6.54 Å². The fourth-order valence-electron chi connectivity index (χ4n) is 2.00. The van der Waals surface area contributed by atoms with Crippen molar-refractivity contribution in [2.75, 3.05) is 33.7 Å². The molecule has 2 N–H and O–H groups in total. The van der Waals surface area contributed by atoms with Crippen LogP contribution >= 0.6 is 12.4 Å². The molecule has 1 aliphatic heterocycles. The van der Waals surface area contributed by atoms with Crippen molar-refractivity contribution in [2.24, 2.45) is 0 Å². The van der Waals surface area contributed by atoms with Crippen molar-refractivity contribution in [1.82, 2.24) is 20.4 Å². The third kappa shape index (κ3) is 5.17. The summed E-state index contributed by atoms with van der Waals surface area (Å²) in [6.45, 7) is 5.00. The van der Waals surface area contributed by atoms with Gasteiger partial charge in [0, 0.05) is 33.1 Å². The van der Waals surface area contributed by atoms with Gasteiger partial charge in [-0.15, -0.1) is 12.4 Å². The van der Waals surface area contributed by atoms with E-state index in [9.17, 15) is 14.4 Å². The average molecular weight is 321 g/mol. The monoisotopic (exact) mass is 320 g/mol. The van der Waals surface area contributed by atoms with Gasteiger partial charge < -0.3 is 15.5 Å². The van der Waals surface area contributed by atoms with Crippen LogP contribution in [0.2, 0.25) is 0 Å². The van der Waals surface area contributed by atoms with E-state index in [-0.39, 0.29) is 36.8 Å². The maximum atomic E-state index is 11.9. The highest BCUT2D eigenvalue weighted by atomic mass is 35.5. The lowest BCUT2D eigenvalue weighted by Crippen LogP contribution is -2.40. The number of nitrogens with one attached hydrogen (secondary N) is 2. The van der Waals surface area contributed by atoms with Gasteiger partial charge in [0.05, 0.1) is 0 Å². The van der Waals surface area contributed by atoms with Gasteiger partial charge >= 0.3 is 6.03 Å². The highest BCUT2D eigenvalue weighted by molar-refractivity contribution is 6.06. The van der Waals surface area contributed by atoms with Crippen LogP contribution in [-0.4, -0.2) is 66.9 Å². The summed E-state index contributed by atoms with van der Waals surface area (Å²) < 4.78 is 0.